The van der Waals surface area contributed by atoms with Gasteiger partial charge >= 0.3 is 0 Å². The molecule has 0 radical (unpaired) electrons. The number of halogens is 1. The smallest absolute Gasteiger partial charge is 0.165 e. The van der Waals surface area contributed by atoms with E-state index in [1.807, 2.05) is 12.2 Å². The van der Waals surface area contributed by atoms with E-state index in [-0.39, 0.29) is 12.2 Å². The van der Waals surface area contributed by atoms with Crippen molar-refractivity contribution in [2.24, 2.45) is 0 Å². The molecule has 94 valence electrons. The van der Waals surface area contributed by atoms with Gasteiger partial charge in [0, 0.05) is 6.42 Å². The summed E-state index contributed by atoms with van der Waals surface area (Å²) in [7, 11) is 0. The molecule has 2 unspecified atom stereocenters. The van der Waals surface area contributed by atoms with Gasteiger partial charge in [-0.1, -0.05) is 12.2 Å². The molecule has 4 heteroatoms. The lowest BCUT2D eigenvalue weighted by Crippen LogP contribution is -2.16. The van der Waals surface area contributed by atoms with Gasteiger partial charge in [-0.3, -0.25) is 0 Å². The number of ether oxygens (including phenoxy) is 1. The van der Waals surface area contributed by atoms with Crippen LogP contribution in [0.2, 0.25) is 0 Å². The highest BCUT2D eigenvalue weighted by Gasteiger charge is 2.22. The molecule has 2 atom stereocenters. The lowest BCUT2D eigenvalue weighted by atomic mass is 10.0. The summed E-state index contributed by atoms with van der Waals surface area (Å²) in [6.45, 7) is 0. The van der Waals surface area contributed by atoms with Gasteiger partial charge in [0.2, 0.25) is 0 Å². The van der Waals surface area contributed by atoms with Crippen LogP contribution in [-0.4, -0.2) is 17.4 Å². The molecule has 0 aromatic carbocycles. The summed E-state index contributed by atoms with van der Waals surface area (Å²) in [5.74, 6) is 0.766. The third kappa shape index (κ3) is 2.88. The van der Waals surface area contributed by atoms with Crippen molar-refractivity contribution in [3.63, 3.8) is 0 Å². The van der Waals surface area contributed by atoms with Crippen LogP contribution in [0.4, 0.5) is 4.39 Å². The lowest BCUT2D eigenvalue weighted by molar-refractivity contribution is 0.212. The number of aliphatic hydroxyl groups is 1. The standard InChI is InChI=1S/C14H14FNO2/c15-12-7-6-10(13(17)9-16)8-14(12)18-11-4-2-1-3-5-11/h2,4-6,8,12-13,17H,1,3,7H2. The molecule has 2 aliphatic carbocycles. The largest absolute Gasteiger partial charge is 0.459 e. The normalized spacial score (nSPS) is 24.5. The molecule has 0 spiro atoms. The van der Waals surface area contributed by atoms with Crippen LogP contribution in [0.1, 0.15) is 19.3 Å². The summed E-state index contributed by atoms with van der Waals surface area (Å²) in [4.78, 5) is 0. The van der Waals surface area contributed by atoms with Gasteiger partial charge < -0.3 is 9.84 Å². The minimum atomic E-state index is -1.23. The first-order valence-corrected chi connectivity index (χ1v) is 5.88. The average Bonchev–Trinajstić information content (AvgIpc) is 2.41. The first-order valence-electron chi connectivity index (χ1n) is 5.88. The van der Waals surface area contributed by atoms with Gasteiger partial charge in [0.05, 0.1) is 6.07 Å². The molecule has 2 aliphatic rings. The summed E-state index contributed by atoms with van der Waals surface area (Å²) in [5, 5.41) is 18.0. The molecule has 2 rings (SSSR count). The maximum Gasteiger partial charge on any atom is 0.165 e. The van der Waals surface area contributed by atoms with Gasteiger partial charge in [0.1, 0.15) is 11.5 Å². The number of hydrogen-bond donors (Lipinski definition) is 1. The van der Waals surface area contributed by atoms with E-state index in [0.29, 0.717) is 11.3 Å². The lowest BCUT2D eigenvalue weighted by Gasteiger charge is -2.20. The summed E-state index contributed by atoms with van der Waals surface area (Å²) >= 11 is 0. The molecule has 18 heavy (non-hydrogen) atoms. The Kier molecular flexibility index (Phi) is 3.96. The van der Waals surface area contributed by atoms with Gasteiger partial charge in [-0.15, -0.1) is 0 Å². The number of hydrogen-bond acceptors (Lipinski definition) is 3. The van der Waals surface area contributed by atoms with Crippen LogP contribution in [0, 0.1) is 11.3 Å². The third-order valence-electron chi connectivity index (χ3n) is 2.81. The van der Waals surface area contributed by atoms with Crippen LogP contribution in [0.5, 0.6) is 0 Å². The fourth-order valence-electron chi connectivity index (χ4n) is 1.83. The molecule has 0 heterocycles. The van der Waals surface area contributed by atoms with Crippen LogP contribution >= 0.6 is 0 Å². The van der Waals surface area contributed by atoms with Gasteiger partial charge in [-0.2, -0.15) is 5.26 Å². The predicted octanol–water partition coefficient (Wildman–Crippen LogP) is 2.67. The van der Waals surface area contributed by atoms with E-state index in [1.54, 1.807) is 12.1 Å². The van der Waals surface area contributed by atoms with Crippen molar-refractivity contribution in [3.05, 3.63) is 47.5 Å². The van der Waals surface area contributed by atoms with Gasteiger partial charge in [-0.05, 0) is 36.6 Å². The first-order chi connectivity index (χ1) is 8.70. The molecular formula is C14H14FNO2. The summed E-state index contributed by atoms with van der Waals surface area (Å²) < 4.78 is 19.2. The second kappa shape index (κ2) is 5.65. The second-order valence-electron chi connectivity index (χ2n) is 4.17. The zero-order chi connectivity index (χ0) is 13.0. The number of alkyl halides is 1. The second-order valence-corrected chi connectivity index (χ2v) is 4.17. The van der Waals surface area contributed by atoms with Crippen molar-refractivity contribution in [2.75, 3.05) is 0 Å². The molecule has 0 aromatic heterocycles. The SMILES string of the molecule is N#CC(O)C1=CCC(F)C(OC2=CCCC=C2)=C1. The van der Waals surface area contributed by atoms with Crippen molar-refractivity contribution in [1.29, 1.82) is 5.26 Å². The van der Waals surface area contributed by atoms with Crippen molar-refractivity contribution >= 4 is 0 Å². The first kappa shape index (κ1) is 12.6. The maximum atomic E-state index is 13.7. The Morgan fingerprint density at radius 2 is 2.28 bits per heavy atom. The number of aliphatic hydroxyl groups excluding tert-OH is 1. The van der Waals surface area contributed by atoms with E-state index in [4.69, 9.17) is 10.00 Å². The number of rotatable bonds is 3. The molecule has 0 saturated heterocycles. The fraction of sp³-hybridized carbons (Fsp3) is 0.357. The molecule has 0 saturated carbocycles. The molecule has 0 bridgehead atoms. The maximum absolute atomic E-state index is 13.7. The van der Waals surface area contributed by atoms with E-state index in [0.717, 1.165) is 12.8 Å². The van der Waals surface area contributed by atoms with E-state index in [9.17, 15) is 9.50 Å². The Morgan fingerprint density at radius 1 is 1.44 bits per heavy atom. The van der Waals surface area contributed by atoms with Crippen LogP contribution in [-0.2, 0) is 4.74 Å². The Bertz CT molecular complexity index is 483. The zero-order valence-corrected chi connectivity index (χ0v) is 9.84. The fourth-order valence-corrected chi connectivity index (χ4v) is 1.83. The monoisotopic (exact) mass is 247 g/mol. The minimum absolute atomic E-state index is 0.122. The summed E-state index contributed by atoms with van der Waals surface area (Å²) in [6, 6.07) is 1.71. The predicted molar refractivity (Wildman–Crippen MR) is 64.8 cm³/mol. The van der Waals surface area contributed by atoms with Crippen molar-refractivity contribution in [3.8, 4) is 6.07 Å². The van der Waals surface area contributed by atoms with Crippen LogP contribution in [0.25, 0.3) is 0 Å². The highest BCUT2D eigenvalue weighted by Crippen LogP contribution is 2.26. The van der Waals surface area contributed by atoms with Crippen molar-refractivity contribution in [1.82, 2.24) is 0 Å². The number of allylic oxidation sites excluding steroid dienone is 5. The highest BCUT2D eigenvalue weighted by molar-refractivity contribution is 5.35. The topological polar surface area (TPSA) is 53.2 Å². The Balaban J connectivity index is 2.12. The van der Waals surface area contributed by atoms with E-state index in [2.05, 4.69) is 0 Å². The quantitative estimate of drug-likeness (QED) is 0.780. The van der Waals surface area contributed by atoms with Gasteiger partial charge in [-0.25, -0.2) is 4.39 Å². The molecule has 0 aromatic rings. The number of nitrogens with zero attached hydrogens (tertiary/aromatic N) is 1. The summed E-state index contributed by atoms with van der Waals surface area (Å²) in [5.41, 5.74) is 0.391. The van der Waals surface area contributed by atoms with E-state index < -0.39 is 12.3 Å². The molecule has 0 fully saturated rings. The molecule has 0 aliphatic heterocycles. The molecule has 0 amide bonds. The molecule has 1 N–H and O–H groups in total. The van der Waals surface area contributed by atoms with Gasteiger partial charge in [0.25, 0.3) is 0 Å². The Labute approximate surface area is 105 Å². The minimum Gasteiger partial charge on any atom is -0.459 e. The average molecular weight is 247 g/mol. The Morgan fingerprint density at radius 3 is 2.94 bits per heavy atom. The molecule has 3 nitrogen and oxygen atoms in total. The van der Waals surface area contributed by atoms with Crippen LogP contribution in [0.15, 0.2) is 47.5 Å². The van der Waals surface area contributed by atoms with Crippen LogP contribution in [0.3, 0.4) is 0 Å². The highest BCUT2D eigenvalue weighted by atomic mass is 19.1. The molecular weight excluding hydrogens is 233 g/mol. The number of nitriles is 1. The Hall–Kier alpha value is -1.86. The van der Waals surface area contributed by atoms with Crippen molar-refractivity contribution < 1.29 is 14.2 Å². The van der Waals surface area contributed by atoms with E-state index in [1.165, 1.54) is 12.2 Å². The van der Waals surface area contributed by atoms with Crippen molar-refractivity contribution in [2.45, 2.75) is 31.5 Å². The van der Waals surface area contributed by atoms with Crippen LogP contribution < -0.4 is 0 Å². The van der Waals surface area contributed by atoms with E-state index >= 15 is 0 Å². The summed E-state index contributed by atoms with van der Waals surface area (Å²) in [6.07, 6.45) is 8.10. The zero-order valence-electron chi connectivity index (χ0n) is 9.84. The third-order valence-corrected chi connectivity index (χ3v) is 2.81. The van der Waals surface area contributed by atoms with Gasteiger partial charge in [0.15, 0.2) is 12.3 Å².